The summed E-state index contributed by atoms with van der Waals surface area (Å²) in [4.78, 5) is 38.6. The van der Waals surface area contributed by atoms with Gasteiger partial charge in [-0.3, -0.25) is 9.59 Å². The van der Waals surface area contributed by atoms with E-state index < -0.39 is 23.9 Å². The molecule has 0 radical (unpaired) electrons. The van der Waals surface area contributed by atoms with Crippen LogP contribution in [0.1, 0.15) is 54.2 Å². The number of aryl methyl sites for hydroxylation is 2. The molecule has 3 aromatic rings. The Morgan fingerprint density at radius 3 is 2.70 bits per heavy atom. The van der Waals surface area contributed by atoms with Crippen molar-refractivity contribution in [1.82, 2.24) is 25.2 Å². The van der Waals surface area contributed by atoms with Crippen LogP contribution < -0.4 is 10.1 Å². The Labute approximate surface area is 213 Å². The van der Waals surface area contributed by atoms with E-state index in [1.807, 2.05) is 0 Å². The van der Waals surface area contributed by atoms with E-state index in [0.29, 0.717) is 65.6 Å². The van der Waals surface area contributed by atoms with Crippen LogP contribution >= 0.6 is 0 Å². The Kier molecular flexibility index (Phi) is 6.83. The van der Waals surface area contributed by atoms with Gasteiger partial charge in [-0.05, 0) is 50.7 Å². The van der Waals surface area contributed by atoms with Crippen molar-refractivity contribution in [1.29, 1.82) is 0 Å². The van der Waals surface area contributed by atoms with E-state index in [1.165, 1.54) is 11.2 Å². The number of H-pyrrole nitrogens is 1. The number of aromatic amines is 1. The van der Waals surface area contributed by atoms with Crippen LogP contribution in [0, 0.1) is 25.6 Å². The van der Waals surface area contributed by atoms with Crippen molar-refractivity contribution in [3.8, 4) is 17.0 Å². The van der Waals surface area contributed by atoms with E-state index in [-0.39, 0.29) is 23.6 Å². The van der Waals surface area contributed by atoms with Crippen molar-refractivity contribution in [3.05, 3.63) is 41.1 Å². The third-order valence-corrected chi connectivity index (χ3v) is 7.22. The zero-order chi connectivity index (χ0) is 26.3. The molecule has 2 fully saturated rings. The number of ether oxygens (including phenoxy) is 1. The first-order valence-corrected chi connectivity index (χ1v) is 12.8. The number of nitrogens with one attached hydrogen (secondary N) is 2. The van der Waals surface area contributed by atoms with Gasteiger partial charge in [-0.25, -0.2) is 18.7 Å². The highest BCUT2D eigenvalue weighted by molar-refractivity contribution is 6.09. The number of amides is 2. The first-order valence-electron chi connectivity index (χ1n) is 12.8. The Hall–Kier alpha value is -3.56. The second-order valence-corrected chi connectivity index (χ2v) is 9.97. The van der Waals surface area contributed by atoms with E-state index in [2.05, 4.69) is 20.3 Å². The van der Waals surface area contributed by atoms with Crippen molar-refractivity contribution in [2.45, 2.75) is 58.7 Å². The van der Waals surface area contributed by atoms with Gasteiger partial charge in [0.25, 0.3) is 5.91 Å². The molecule has 8 nitrogen and oxygen atoms in total. The number of alkyl halides is 1. The first-order chi connectivity index (χ1) is 17.8. The van der Waals surface area contributed by atoms with Crippen molar-refractivity contribution in [2.24, 2.45) is 5.92 Å². The van der Waals surface area contributed by atoms with Crippen LogP contribution in [0.15, 0.2) is 18.5 Å². The first kappa shape index (κ1) is 25.1. The molecule has 5 rings (SSSR count). The number of aromatic nitrogens is 3. The maximum absolute atomic E-state index is 15.4. The SMILES string of the molecule is CCC(=O)N1CC[C@@H](NC(=O)c2c(C)[nH]c3c(-c4c(OCC5CC5)ccc(C)c4F)ncnc23)[C@@H](F)C1. The Morgan fingerprint density at radius 2 is 2.00 bits per heavy atom. The van der Waals surface area contributed by atoms with Crippen LogP contribution in [0.4, 0.5) is 8.78 Å². The fourth-order valence-corrected chi connectivity index (χ4v) is 4.84. The molecule has 10 heteroatoms. The summed E-state index contributed by atoms with van der Waals surface area (Å²) in [5.41, 5.74) is 2.47. The standard InChI is InChI=1S/C27H31F2N5O3/c1-4-20(35)34-10-9-18(17(28)11-34)33-27(36)21-15(3)32-26-24(21)30-13-31-25(26)22-19(37-12-16-6-7-16)8-5-14(2)23(22)29/h5,8,13,16-18,32H,4,6-7,9-12H2,1-3H3,(H,33,36)/t17-,18+/m0/s1. The van der Waals surface area contributed by atoms with E-state index in [9.17, 15) is 14.0 Å². The maximum atomic E-state index is 15.4. The summed E-state index contributed by atoms with van der Waals surface area (Å²) in [6.45, 7) is 5.97. The zero-order valence-corrected chi connectivity index (χ0v) is 21.2. The number of benzene rings is 1. The highest BCUT2D eigenvalue weighted by atomic mass is 19.1. The molecule has 0 unspecified atom stereocenters. The number of rotatable bonds is 7. The summed E-state index contributed by atoms with van der Waals surface area (Å²) in [6.07, 6.45) is 2.75. The van der Waals surface area contributed by atoms with Crippen LogP contribution in [0.2, 0.25) is 0 Å². The van der Waals surface area contributed by atoms with Gasteiger partial charge in [0.15, 0.2) is 0 Å². The van der Waals surface area contributed by atoms with E-state index in [1.54, 1.807) is 32.9 Å². The summed E-state index contributed by atoms with van der Waals surface area (Å²) in [5.74, 6) is -0.154. The molecule has 0 bridgehead atoms. The largest absolute Gasteiger partial charge is 0.492 e. The molecule has 1 saturated carbocycles. The molecule has 0 spiro atoms. The average Bonchev–Trinajstić information content (AvgIpc) is 3.65. The number of carbonyl (C=O) groups is 2. The summed E-state index contributed by atoms with van der Waals surface area (Å²) >= 11 is 0. The minimum absolute atomic E-state index is 0.0485. The fraction of sp³-hybridized carbons (Fsp3) is 0.481. The Bertz CT molecular complexity index is 1350. The smallest absolute Gasteiger partial charge is 0.255 e. The highest BCUT2D eigenvalue weighted by Gasteiger charge is 2.33. The molecule has 2 aliphatic rings. The second-order valence-electron chi connectivity index (χ2n) is 9.97. The normalized spacial score (nSPS) is 19.8. The molecule has 2 N–H and O–H groups in total. The van der Waals surface area contributed by atoms with Crippen LogP contribution in [-0.2, 0) is 4.79 Å². The van der Waals surface area contributed by atoms with Crippen LogP contribution in [0.5, 0.6) is 5.75 Å². The van der Waals surface area contributed by atoms with Crippen molar-refractivity contribution < 1.29 is 23.1 Å². The molecule has 37 heavy (non-hydrogen) atoms. The molecule has 3 heterocycles. The lowest BCUT2D eigenvalue weighted by molar-refractivity contribution is -0.133. The molecule has 2 amide bonds. The van der Waals surface area contributed by atoms with Crippen LogP contribution in [0.25, 0.3) is 22.3 Å². The predicted molar refractivity (Wildman–Crippen MR) is 135 cm³/mol. The molecule has 1 aliphatic carbocycles. The summed E-state index contributed by atoms with van der Waals surface area (Å²) in [5, 5.41) is 2.78. The minimum Gasteiger partial charge on any atom is -0.492 e. The third-order valence-electron chi connectivity index (χ3n) is 7.22. The zero-order valence-electron chi connectivity index (χ0n) is 21.2. The van der Waals surface area contributed by atoms with Gasteiger partial charge in [0.2, 0.25) is 5.91 Å². The van der Waals surface area contributed by atoms with Gasteiger partial charge in [-0.2, -0.15) is 0 Å². The van der Waals surface area contributed by atoms with Gasteiger partial charge in [-0.15, -0.1) is 0 Å². The predicted octanol–water partition coefficient (Wildman–Crippen LogP) is 4.25. The van der Waals surface area contributed by atoms with Crippen molar-refractivity contribution in [2.75, 3.05) is 19.7 Å². The van der Waals surface area contributed by atoms with Crippen molar-refractivity contribution >= 4 is 22.8 Å². The number of piperidine rings is 1. The van der Waals surface area contributed by atoms with Crippen LogP contribution in [-0.4, -0.2) is 63.6 Å². The van der Waals surface area contributed by atoms with E-state index in [4.69, 9.17) is 4.74 Å². The van der Waals surface area contributed by atoms with Gasteiger partial charge in [0, 0.05) is 18.7 Å². The van der Waals surface area contributed by atoms with Gasteiger partial charge < -0.3 is 19.9 Å². The number of hydrogen-bond donors (Lipinski definition) is 2. The molecule has 1 aromatic carbocycles. The second kappa shape index (κ2) is 10.1. The number of hydrogen-bond acceptors (Lipinski definition) is 5. The van der Waals surface area contributed by atoms with E-state index >= 15 is 4.39 Å². The minimum atomic E-state index is -1.38. The maximum Gasteiger partial charge on any atom is 0.255 e. The van der Waals surface area contributed by atoms with Crippen LogP contribution in [0.3, 0.4) is 0 Å². The van der Waals surface area contributed by atoms with Gasteiger partial charge in [0.1, 0.15) is 35.3 Å². The number of likely N-dealkylation sites (tertiary alicyclic amines) is 1. The summed E-state index contributed by atoms with van der Waals surface area (Å²) in [7, 11) is 0. The molecule has 1 aliphatic heterocycles. The number of fused-ring (bicyclic) bond motifs is 1. The molecule has 2 atom stereocenters. The molecule has 196 valence electrons. The summed E-state index contributed by atoms with van der Waals surface area (Å²) in [6, 6.07) is 2.69. The number of carbonyl (C=O) groups excluding carboxylic acids is 2. The molecule has 1 saturated heterocycles. The van der Waals surface area contributed by atoms with Gasteiger partial charge in [-0.1, -0.05) is 13.0 Å². The highest BCUT2D eigenvalue weighted by Crippen LogP contribution is 2.39. The topological polar surface area (TPSA) is 100 Å². The third kappa shape index (κ3) is 4.89. The monoisotopic (exact) mass is 511 g/mol. The van der Waals surface area contributed by atoms with Crippen molar-refractivity contribution in [3.63, 3.8) is 0 Å². The lowest BCUT2D eigenvalue weighted by Crippen LogP contribution is -2.53. The molecular formula is C27H31F2N5O3. The number of halogens is 2. The lowest BCUT2D eigenvalue weighted by Gasteiger charge is -2.35. The Balaban J connectivity index is 1.45. The summed E-state index contributed by atoms with van der Waals surface area (Å²) < 4.78 is 36.3. The van der Waals surface area contributed by atoms with Gasteiger partial charge >= 0.3 is 0 Å². The Morgan fingerprint density at radius 1 is 1.22 bits per heavy atom. The number of nitrogens with zero attached hydrogens (tertiary/aromatic N) is 3. The fourth-order valence-electron chi connectivity index (χ4n) is 4.84. The van der Waals surface area contributed by atoms with Gasteiger partial charge in [0.05, 0.1) is 35.8 Å². The quantitative estimate of drug-likeness (QED) is 0.494. The van der Waals surface area contributed by atoms with E-state index in [0.717, 1.165) is 12.8 Å². The molecular weight excluding hydrogens is 480 g/mol. The molecule has 2 aromatic heterocycles. The average molecular weight is 512 g/mol. The lowest BCUT2D eigenvalue weighted by atomic mass is 10.0.